The highest BCUT2D eigenvalue weighted by Crippen LogP contribution is 2.31. The summed E-state index contributed by atoms with van der Waals surface area (Å²) >= 11 is 0. The van der Waals surface area contributed by atoms with E-state index in [0.29, 0.717) is 29.8 Å². The van der Waals surface area contributed by atoms with Crippen molar-refractivity contribution in [1.29, 1.82) is 0 Å². The first kappa shape index (κ1) is 15.2. The number of aryl methyl sites for hydroxylation is 2. The molecule has 7 heteroatoms. The van der Waals surface area contributed by atoms with Crippen molar-refractivity contribution >= 4 is 17.0 Å². The Bertz CT molecular complexity index is 651. The second-order valence-electron chi connectivity index (χ2n) is 4.55. The van der Waals surface area contributed by atoms with Gasteiger partial charge in [-0.2, -0.15) is 5.10 Å². The van der Waals surface area contributed by atoms with Gasteiger partial charge in [0.15, 0.2) is 5.65 Å². The van der Waals surface area contributed by atoms with Gasteiger partial charge in [-0.1, -0.05) is 0 Å². The van der Waals surface area contributed by atoms with Gasteiger partial charge < -0.3 is 14.6 Å². The molecule has 0 unspecified atom stereocenters. The first-order chi connectivity index (χ1) is 10.1. The maximum Gasteiger partial charge on any atom is 0.343 e. The highest BCUT2D eigenvalue weighted by Gasteiger charge is 2.21. The quantitative estimate of drug-likeness (QED) is 0.636. The highest BCUT2D eigenvalue weighted by molar-refractivity contribution is 5.99. The maximum absolute atomic E-state index is 12.0. The third-order valence-electron chi connectivity index (χ3n) is 3.02. The second-order valence-corrected chi connectivity index (χ2v) is 4.55. The van der Waals surface area contributed by atoms with Crippen LogP contribution < -0.4 is 4.74 Å². The molecule has 0 amide bonds. The van der Waals surface area contributed by atoms with E-state index < -0.39 is 5.97 Å². The van der Waals surface area contributed by atoms with Crippen molar-refractivity contribution in [3.05, 3.63) is 17.5 Å². The molecule has 0 radical (unpaired) electrons. The number of carbonyl (C=O) groups is 1. The first-order valence-corrected chi connectivity index (χ1v) is 6.83. The number of pyridine rings is 1. The number of aliphatic hydroxyl groups excluding tert-OH is 1. The average molecular weight is 293 g/mol. The van der Waals surface area contributed by atoms with Gasteiger partial charge in [0, 0.05) is 26.3 Å². The van der Waals surface area contributed by atoms with Crippen LogP contribution in [0.4, 0.5) is 0 Å². The normalized spacial score (nSPS) is 10.9. The largest absolute Gasteiger partial charge is 0.492 e. The number of hydrogen-bond donors (Lipinski definition) is 1. The predicted molar refractivity (Wildman–Crippen MR) is 76.4 cm³/mol. The molecule has 0 fully saturated rings. The van der Waals surface area contributed by atoms with Crippen LogP contribution in [0.1, 0.15) is 29.4 Å². The molecule has 7 nitrogen and oxygen atoms in total. The van der Waals surface area contributed by atoms with E-state index in [-0.39, 0.29) is 18.8 Å². The van der Waals surface area contributed by atoms with E-state index in [1.54, 1.807) is 18.7 Å². The lowest BCUT2D eigenvalue weighted by Crippen LogP contribution is -2.10. The fourth-order valence-electron chi connectivity index (χ4n) is 2.12. The van der Waals surface area contributed by atoms with E-state index >= 15 is 0 Å². The summed E-state index contributed by atoms with van der Waals surface area (Å²) in [4.78, 5) is 16.3. The Labute approximate surface area is 122 Å². The van der Waals surface area contributed by atoms with Crippen LogP contribution in [0.3, 0.4) is 0 Å². The second kappa shape index (κ2) is 6.53. The van der Waals surface area contributed by atoms with Crippen LogP contribution in [0.25, 0.3) is 11.0 Å². The molecule has 0 spiro atoms. The van der Waals surface area contributed by atoms with Crippen molar-refractivity contribution in [2.24, 2.45) is 7.05 Å². The predicted octanol–water partition coefficient (Wildman–Crippen LogP) is 1.21. The third kappa shape index (κ3) is 2.97. The minimum Gasteiger partial charge on any atom is -0.492 e. The van der Waals surface area contributed by atoms with Crippen LogP contribution >= 0.6 is 0 Å². The summed E-state index contributed by atoms with van der Waals surface area (Å²) in [5, 5.41) is 13.9. The fourth-order valence-corrected chi connectivity index (χ4v) is 2.12. The number of carbonyl (C=O) groups excluding carboxylic acids is 1. The minimum atomic E-state index is -0.478. The summed E-state index contributed by atoms with van der Waals surface area (Å²) in [6.45, 7) is 4.17. The van der Waals surface area contributed by atoms with Crippen molar-refractivity contribution in [3.63, 3.8) is 0 Å². The van der Waals surface area contributed by atoms with E-state index in [1.165, 1.54) is 6.20 Å². The lowest BCUT2D eigenvalue weighted by Gasteiger charge is -2.11. The van der Waals surface area contributed by atoms with E-state index in [0.717, 1.165) is 5.69 Å². The summed E-state index contributed by atoms with van der Waals surface area (Å²) in [6, 6.07) is 0. The van der Waals surface area contributed by atoms with Crippen LogP contribution in [0, 0.1) is 6.92 Å². The summed E-state index contributed by atoms with van der Waals surface area (Å²) in [5.74, 6) is -0.0633. The lowest BCUT2D eigenvalue weighted by molar-refractivity contribution is 0.0521. The molecule has 2 rings (SSSR count). The molecule has 0 aliphatic rings. The molecular weight excluding hydrogens is 274 g/mol. The zero-order chi connectivity index (χ0) is 15.4. The van der Waals surface area contributed by atoms with Gasteiger partial charge >= 0.3 is 5.97 Å². The molecule has 2 heterocycles. The summed E-state index contributed by atoms with van der Waals surface area (Å²) in [5.41, 5.74) is 1.64. The standard InChI is InChI=1S/C14H19N3O4/c1-4-20-14(19)10-8-15-13-11(9(2)16-17(13)3)12(10)21-7-5-6-18/h8,18H,4-7H2,1-3H3. The van der Waals surface area contributed by atoms with E-state index in [9.17, 15) is 4.79 Å². The molecular formula is C14H19N3O4. The molecule has 0 saturated heterocycles. The molecule has 0 aliphatic carbocycles. The molecule has 114 valence electrons. The summed E-state index contributed by atoms with van der Waals surface area (Å²) in [6.07, 6.45) is 1.92. The molecule has 0 aliphatic heterocycles. The Hall–Kier alpha value is -2.15. The molecule has 1 N–H and O–H groups in total. The van der Waals surface area contributed by atoms with Crippen LogP contribution in [-0.4, -0.2) is 45.7 Å². The number of fused-ring (bicyclic) bond motifs is 1. The Morgan fingerprint density at radius 1 is 1.48 bits per heavy atom. The molecule has 0 saturated carbocycles. The number of esters is 1. The smallest absolute Gasteiger partial charge is 0.343 e. The van der Waals surface area contributed by atoms with Crippen LogP contribution in [0.5, 0.6) is 5.75 Å². The Morgan fingerprint density at radius 2 is 2.24 bits per heavy atom. The third-order valence-corrected chi connectivity index (χ3v) is 3.02. The number of aromatic nitrogens is 3. The number of hydrogen-bond acceptors (Lipinski definition) is 6. The van der Waals surface area contributed by atoms with Crippen molar-refractivity contribution in [2.45, 2.75) is 20.3 Å². The average Bonchev–Trinajstić information content (AvgIpc) is 2.75. The van der Waals surface area contributed by atoms with Gasteiger partial charge in [0.05, 0.1) is 24.3 Å². The Balaban J connectivity index is 2.54. The van der Waals surface area contributed by atoms with Crippen molar-refractivity contribution in [2.75, 3.05) is 19.8 Å². The van der Waals surface area contributed by atoms with Gasteiger partial charge in [0.25, 0.3) is 0 Å². The van der Waals surface area contributed by atoms with Crippen molar-refractivity contribution in [3.8, 4) is 5.75 Å². The summed E-state index contributed by atoms with van der Waals surface area (Å²) < 4.78 is 12.4. The lowest BCUT2D eigenvalue weighted by atomic mass is 10.1. The number of aliphatic hydroxyl groups is 1. The van der Waals surface area contributed by atoms with E-state index in [1.807, 2.05) is 6.92 Å². The Kier molecular flexibility index (Phi) is 4.74. The van der Waals surface area contributed by atoms with Gasteiger partial charge in [-0.05, 0) is 13.8 Å². The Morgan fingerprint density at radius 3 is 2.90 bits per heavy atom. The van der Waals surface area contributed by atoms with Gasteiger partial charge in [-0.15, -0.1) is 0 Å². The molecule has 0 atom stereocenters. The van der Waals surface area contributed by atoms with Gasteiger partial charge in [-0.3, -0.25) is 4.68 Å². The van der Waals surface area contributed by atoms with Crippen molar-refractivity contribution in [1.82, 2.24) is 14.8 Å². The van der Waals surface area contributed by atoms with Crippen molar-refractivity contribution < 1.29 is 19.4 Å². The molecule has 0 bridgehead atoms. The monoisotopic (exact) mass is 293 g/mol. The molecule has 0 aromatic carbocycles. The summed E-state index contributed by atoms with van der Waals surface area (Å²) in [7, 11) is 1.78. The topological polar surface area (TPSA) is 86.5 Å². The SMILES string of the molecule is CCOC(=O)c1cnc2c(c(C)nn2C)c1OCCCO. The fraction of sp³-hybridized carbons (Fsp3) is 0.500. The zero-order valence-corrected chi connectivity index (χ0v) is 12.4. The van der Waals surface area contributed by atoms with Gasteiger partial charge in [0.2, 0.25) is 0 Å². The van der Waals surface area contributed by atoms with E-state index in [4.69, 9.17) is 14.6 Å². The number of ether oxygens (including phenoxy) is 2. The maximum atomic E-state index is 12.0. The molecule has 2 aromatic heterocycles. The van der Waals surface area contributed by atoms with Gasteiger partial charge in [0.1, 0.15) is 11.3 Å². The highest BCUT2D eigenvalue weighted by atomic mass is 16.5. The van der Waals surface area contributed by atoms with Crippen LogP contribution in [0.2, 0.25) is 0 Å². The van der Waals surface area contributed by atoms with Gasteiger partial charge in [-0.25, -0.2) is 9.78 Å². The number of rotatable bonds is 6. The zero-order valence-electron chi connectivity index (χ0n) is 12.4. The molecule has 21 heavy (non-hydrogen) atoms. The number of nitrogens with zero attached hydrogens (tertiary/aromatic N) is 3. The van der Waals surface area contributed by atoms with Crippen LogP contribution in [-0.2, 0) is 11.8 Å². The first-order valence-electron chi connectivity index (χ1n) is 6.83. The van der Waals surface area contributed by atoms with E-state index in [2.05, 4.69) is 10.1 Å². The van der Waals surface area contributed by atoms with Crippen LogP contribution in [0.15, 0.2) is 6.20 Å². The minimum absolute atomic E-state index is 0.0228. The molecule has 2 aromatic rings.